The molecule has 0 aliphatic carbocycles. The summed E-state index contributed by atoms with van der Waals surface area (Å²) in [5, 5.41) is 8.12. The maximum Gasteiger partial charge on any atom is 0.361 e. The fourth-order valence-electron chi connectivity index (χ4n) is 3.75. The number of imidazole rings is 1. The van der Waals surface area contributed by atoms with Crippen molar-refractivity contribution in [1.29, 1.82) is 0 Å². The molecule has 2 aromatic carbocycles. The Morgan fingerprint density at radius 1 is 1.00 bits per heavy atom. The fourth-order valence-corrected chi connectivity index (χ4v) is 3.75. The lowest BCUT2D eigenvalue weighted by Crippen LogP contribution is -2.13. The molecule has 0 saturated heterocycles. The Kier molecular flexibility index (Phi) is 5.17. The molecule has 0 radical (unpaired) electrons. The van der Waals surface area contributed by atoms with E-state index in [2.05, 4.69) is 15.3 Å². The molecule has 0 amide bonds. The Bertz CT molecular complexity index is 1360. The smallest absolute Gasteiger partial charge is 0.361 e. The van der Waals surface area contributed by atoms with Crippen molar-refractivity contribution >= 4 is 11.9 Å². The highest BCUT2D eigenvalue weighted by Crippen LogP contribution is 2.31. The van der Waals surface area contributed by atoms with Gasteiger partial charge in [-0.1, -0.05) is 35.5 Å². The number of carbonyl (C=O) groups is 2. The van der Waals surface area contributed by atoms with Gasteiger partial charge in [-0.3, -0.25) is 4.57 Å². The molecular weight excluding hydrogens is 429 g/mol. The number of fused-ring (bicyclic) bond motifs is 5. The maximum atomic E-state index is 14.2. The lowest BCUT2D eigenvalue weighted by molar-refractivity contribution is 0.0463. The van der Waals surface area contributed by atoms with Crippen LogP contribution in [-0.2, 0) is 22.5 Å². The van der Waals surface area contributed by atoms with Gasteiger partial charge in [0, 0.05) is 12.5 Å². The zero-order valence-corrected chi connectivity index (χ0v) is 17.6. The van der Waals surface area contributed by atoms with Gasteiger partial charge >= 0.3 is 11.9 Å². The summed E-state index contributed by atoms with van der Waals surface area (Å²) < 4.78 is 27.8. The van der Waals surface area contributed by atoms with E-state index in [0.717, 1.165) is 5.56 Å². The van der Waals surface area contributed by atoms with Gasteiger partial charge < -0.3 is 9.47 Å². The van der Waals surface area contributed by atoms with Crippen LogP contribution in [0.1, 0.15) is 44.9 Å². The summed E-state index contributed by atoms with van der Waals surface area (Å²) in [5.41, 5.74) is 2.60. The van der Waals surface area contributed by atoms with Gasteiger partial charge in [0.1, 0.15) is 18.8 Å². The third-order valence-corrected chi connectivity index (χ3v) is 5.26. The third-order valence-electron chi connectivity index (χ3n) is 5.26. The average molecular weight is 447 g/mol. The Balaban J connectivity index is 1.58. The summed E-state index contributed by atoms with van der Waals surface area (Å²) in [6.45, 7) is 1.94. The maximum absolute atomic E-state index is 14.2. The number of esters is 2. The van der Waals surface area contributed by atoms with E-state index in [0.29, 0.717) is 22.8 Å². The summed E-state index contributed by atoms with van der Waals surface area (Å²) >= 11 is 0. The van der Waals surface area contributed by atoms with E-state index in [9.17, 15) is 14.0 Å². The minimum absolute atomic E-state index is 0.0226. The van der Waals surface area contributed by atoms with Crippen molar-refractivity contribution in [3.8, 4) is 11.4 Å². The van der Waals surface area contributed by atoms with Crippen molar-refractivity contribution in [2.75, 3.05) is 6.61 Å². The van der Waals surface area contributed by atoms with Crippen LogP contribution in [0.15, 0.2) is 54.9 Å². The lowest BCUT2D eigenvalue weighted by atomic mass is 10.1. The van der Waals surface area contributed by atoms with Gasteiger partial charge in [0.2, 0.25) is 0 Å². The number of benzene rings is 2. The molecule has 166 valence electrons. The van der Waals surface area contributed by atoms with E-state index >= 15 is 0 Å². The summed E-state index contributed by atoms with van der Waals surface area (Å²) in [4.78, 5) is 29.6. The molecule has 5 rings (SSSR count). The lowest BCUT2D eigenvalue weighted by Gasteiger charge is -2.09. The van der Waals surface area contributed by atoms with Crippen LogP contribution in [0.5, 0.6) is 0 Å². The summed E-state index contributed by atoms with van der Waals surface area (Å²) in [6.07, 6.45) is 1.54. The van der Waals surface area contributed by atoms with E-state index in [1.54, 1.807) is 17.6 Å². The second-order valence-electron chi connectivity index (χ2n) is 7.30. The highest BCUT2D eigenvalue weighted by atomic mass is 19.1. The first-order chi connectivity index (χ1) is 16.1. The molecule has 0 N–H and O–H groups in total. The quantitative estimate of drug-likeness (QED) is 0.382. The van der Waals surface area contributed by atoms with Gasteiger partial charge in [0.05, 0.1) is 29.4 Å². The Morgan fingerprint density at radius 3 is 2.58 bits per heavy atom. The number of rotatable bonds is 5. The molecule has 0 unspecified atom stereocenters. The highest BCUT2D eigenvalue weighted by molar-refractivity contribution is 5.91. The normalized spacial score (nSPS) is 11.7. The number of aromatic nitrogens is 5. The van der Waals surface area contributed by atoms with Crippen LogP contribution in [-0.4, -0.2) is 43.1 Å². The van der Waals surface area contributed by atoms with Crippen LogP contribution in [0.3, 0.4) is 0 Å². The van der Waals surface area contributed by atoms with Crippen LogP contribution >= 0.6 is 0 Å². The molecule has 1 aliphatic heterocycles. The topological polar surface area (TPSA) is 101 Å². The molecular formula is C23H18FN5O4. The second kappa shape index (κ2) is 8.30. The predicted molar refractivity (Wildman–Crippen MR) is 113 cm³/mol. The standard InChI is InChI=1S/C23H18FN5O4/c1-2-32-22(30)20-18-11-19-21(23(31)33-12-14-6-4-3-5-7-14)26-27-29(19)17-10-15(24)8-9-16(17)28(18)13-25-20/h3-10,13H,2,11-12H2,1H3. The zero-order valence-electron chi connectivity index (χ0n) is 17.6. The Labute approximate surface area is 187 Å². The second-order valence-corrected chi connectivity index (χ2v) is 7.30. The van der Waals surface area contributed by atoms with Gasteiger partial charge in [0.15, 0.2) is 11.4 Å². The van der Waals surface area contributed by atoms with Crippen LogP contribution in [0.25, 0.3) is 11.4 Å². The molecule has 4 aromatic rings. The highest BCUT2D eigenvalue weighted by Gasteiger charge is 2.31. The van der Waals surface area contributed by atoms with Crippen molar-refractivity contribution in [2.45, 2.75) is 20.0 Å². The minimum Gasteiger partial charge on any atom is -0.461 e. The van der Waals surface area contributed by atoms with Crippen molar-refractivity contribution in [2.24, 2.45) is 0 Å². The number of hydrogen-bond donors (Lipinski definition) is 0. The molecule has 0 saturated carbocycles. The van der Waals surface area contributed by atoms with Crippen LogP contribution in [0.4, 0.5) is 4.39 Å². The number of nitrogens with zero attached hydrogens (tertiary/aromatic N) is 5. The number of ether oxygens (including phenoxy) is 2. The molecule has 9 nitrogen and oxygen atoms in total. The molecule has 33 heavy (non-hydrogen) atoms. The van der Waals surface area contributed by atoms with E-state index in [1.807, 2.05) is 30.3 Å². The van der Waals surface area contributed by atoms with Gasteiger partial charge in [-0.2, -0.15) is 0 Å². The van der Waals surface area contributed by atoms with Gasteiger partial charge in [0.25, 0.3) is 0 Å². The first-order valence-electron chi connectivity index (χ1n) is 10.3. The van der Waals surface area contributed by atoms with E-state index in [4.69, 9.17) is 9.47 Å². The Morgan fingerprint density at radius 2 is 1.79 bits per heavy atom. The predicted octanol–water partition coefficient (Wildman–Crippen LogP) is 3.03. The molecule has 0 bridgehead atoms. The molecule has 10 heteroatoms. The number of hydrogen-bond acceptors (Lipinski definition) is 7. The van der Waals surface area contributed by atoms with Crippen molar-refractivity contribution < 1.29 is 23.5 Å². The summed E-state index contributed by atoms with van der Waals surface area (Å²) in [5.74, 6) is -1.76. The van der Waals surface area contributed by atoms with Gasteiger partial charge in [-0.15, -0.1) is 5.10 Å². The molecule has 0 atom stereocenters. The van der Waals surface area contributed by atoms with E-state index in [-0.39, 0.29) is 31.0 Å². The SMILES string of the molecule is CCOC(=O)c1ncn2c1Cc1c(C(=O)OCc3ccccc3)nnn1-c1cc(F)ccc1-2. The fraction of sp³-hybridized carbons (Fsp3) is 0.174. The largest absolute Gasteiger partial charge is 0.461 e. The molecule has 2 aromatic heterocycles. The van der Waals surface area contributed by atoms with E-state index < -0.39 is 17.8 Å². The minimum atomic E-state index is -0.677. The van der Waals surface area contributed by atoms with Crippen molar-refractivity contribution in [1.82, 2.24) is 24.5 Å². The van der Waals surface area contributed by atoms with Gasteiger partial charge in [-0.05, 0) is 24.6 Å². The third kappa shape index (κ3) is 3.65. The molecule has 0 spiro atoms. The first kappa shape index (κ1) is 20.6. The number of halogens is 1. The van der Waals surface area contributed by atoms with Crippen LogP contribution in [0, 0.1) is 5.82 Å². The molecule has 1 aliphatic rings. The monoisotopic (exact) mass is 447 g/mol. The van der Waals surface area contributed by atoms with Crippen LogP contribution in [0.2, 0.25) is 0 Å². The summed E-state index contributed by atoms with van der Waals surface area (Å²) in [7, 11) is 0. The Hall–Kier alpha value is -4.34. The van der Waals surface area contributed by atoms with E-state index in [1.165, 1.54) is 23.1 Å². The summed E-state index contributed by atoms with van der Waals surface area (Å²) in [6, 6.07) is 13.4. The van der Waals surface area contributed by atoms with Crippen molar-refractivity contribution in [3.63, 3.8) is 0 Å². The first-order valence-corrected chi connectivity index (χ1v) is 10.3. The average Bonchev–Trinajstić information content (AvgIpc) is 3.40. The molecule has 3 heterocycles. The zero-order chi connectivity index (χ0) is 22.9. The van der Waals surface area contributed by atoms with Gasteiger partial charge in [-0.25, -0.2) is 23.6 Å². The number of carbonyl (C=O) groups excluding carboxylic acids is 2. The van der Waals surface area contributed by atoms with Crippen LogP contribution < -0.4 is 0 Å². The molecule has 0 fully saturated rings. The van der Waals surface area contributed by atoms with Crippen molar-refractivity contribution in [3.05, 3.63) is 89.0 Å².